The lowest BCUT2D eigenvalue weighted by Crippen LogP contribution is -2.27. The van der Waals surface area contributed by atoms with Crippen molar-refractivity contribution < 1.29 is 9.84 Å². The molecule has 1 fully saturated rings. The minimum absolute atomic E-state index is 0.0630. The van der Waals surface area contributed by atoms with Gasteiger partial charge in [0.2, 0.25) is 0 Å². The Morgan fingerprint density at radius 2 is 1.77 bits per heavy atom. The number of hydrogen-bond donors (Lipinski definition) is 1. The van der Waals surface area contributed by atoms with Gasteiger partial charge < -0.3 is 9.84 Å². The average Bonchev–Trinajstić information content (AvgIpc) is 2.80. The zero-order valence-corrected chi connectivity index (χ0v) is 17.7. The maximum Gasteiger partial charge on any atom is 0.118 e. The zero-order chi connectivity index (χ0) is 20.9. The fourth-order valence-corrected chi connectivity index (χ4v) is 5.12. The van der Waals surface area contributed by atoms with Crippen LogP contribution in [0.25, 0.3) is 22.4 Å². The molecule has 0 spiro atoms. The highest BCUT2D eigenvalue weighted by molar-refractivity contribution is 8.00. The molecule has 30 heavy (non-hydrogen) atoms. The van der Waals surface area contributed by atoms with Crippen molar-refractivity contribution in [1.29, 1.82) is 5.26 Å². The number of aliphatic hydroxyl groups is 1. The summed E-state index contributed by atoms with van der Waals surface area (Å²) in [7, 11) is 1.65. The van der Waals surface area contributed by atoms with Crippen LogP contribution in [0.15, 0.2) is 65.7 Å². The molecule has 2 aromatic carbocycles. The van der Waals surface area contributed by atoms with Crippen molar-refractivity contribution in [3.8, 4) is 34.2 Å². The largest absolute Gasteiger partial charge is 0.497 e. The van der Waals surface area contributed by atoms with E-state index >= 15 is 0 Å². The maximum atomic E-state index is 10.5. The molecule has 5 heteroatoms. The maximum absolute atomic E-state index is 10.5. The highest BCUT2D eigenvalue weighted by Gasteiger charge is 2.27. The van der Waals surface area contributed by atoms with Crippen LogP contribution in [0, 0.1) is 11.3 Å². The van der Waals surface area contributed by atoms with E-state index in [0.717, 1.165) is 53.8 Å². The van der Waals surface area contributed by atoms with Gasteiger partial charge in [-0.15, -0.1) is 0 Å². The van der Waals surface area contributed by atoms with Gasteiger partial charge in [0.05, 0.1) is 24.5 Å². The molecule has 1 aliphatic rings. The summed E-state index contributed by atoms with van der Waals surface area (Å²) in [6.07, 6.45) is 3.54. The topological polar surface area (TPSA) is 66.1 Å². The van der Waals surface area contributed by atoms with E-state index in [-0.39, 0.29) is 11.4 Å². The minimum atomic E-state index is -0.359. The molecular formula is C25H24N2O2S. The molecule has 4 rings (SSSR count). The molecule has 0 amide bonds. The van der Waals surface area contributed by atoms with Crippen molar-refractivity contribution in [1.82, 2.24) is 4.98 Å². The number of aromatic nitrogens is 1. The summed E-state index contributed by atoms with van der Waals surface area (Å²) in [6, 6.07) is 22.1. The van der Waals surface area contributed by atoms with Crippen LogP contribution < -0.4 is 4.74 Å². The molecule has 0 saturated heterocycles. The fraction of sp³-hybridized carbons (Fsp3) is 0.280. The number of benzene rings is 2. The number of pyridine rings is 1. The molecule has 3 aromatic rings. The summed E-state index contributed by atoms with van der Waals surface area (Å²) in [5.74, 6) is 0.788. The molecule has 1 aliphatic carbocycles. The first-order chi connectivity index (χ1) is 14.7. The minimum Gasteiger partial charge on any atom is -0.497 e. The number of thioether (sulfide) groups is 1. The van der Waals surface area contributed by atoms with Gasteiger partial charge in [-0.05, 0) is 48.7 Å². The standard InChI is InChI=1S/C25H24N2O2S/c1-29-19-13-11-18(12-14-19)22-15-20(17-7-3-2-4-8-17)21(16-26)25(27-22)30-24-10-6-5-9-23(24)28/h2-4,7-8,11-15,23-24,28H,5-6,9-10H2,1H3. The van der Waals surface area contributed by atoms with Gasteiger partial charge in [-0.2, -0.15) is 5.26 Å². The Labute approximate surface area is 181 Å². The Kier molecular flexibility index (Phi) is 6.37. The van der Waals surface area contributed by atoms with E-state index in [1.54, 1.807) is 18.9 Å². The Morgan fingerprint density at radius 1 is 1.03 bits per heavy atom. The third-order valence-electron chi connectivity index (χ3n) is 5.50. The number of nitriles is 1. The van der Waals surface area contributed by atoms with E-state index in [9.17, 15) is 10.4 Å². The van der Waals surface area contributed by atoms with E-state index in [0.29, 0.717) is 10.6 Å². The quantitative estimate of drug-likeness (QED) is 0.579. The van der Waals surface area contributed by atoms with E-state index in [4.69, 9.17) is 9.72 Å². The number of rotatable bonds is 5. The predicted molar refractivity (Wildman–Crippen MR) is 120 cm³/mol. The van der Waals surface area contributed by atoms with Crippen LogP contribution in [0.5, 0.6) is 5.75 Å². The van der Waals surface area contributed by atoms with Crippen molar-refractivity contribution in [2.45, 2.75) is 42.1 Å². The molecule has 0 bridgehead atoms. The third-order valence-corrected chi connectivity index (χ3v) is 6.87. The van der Waals surface area contributed by atoms with Crippen LogP contribution in [0.2, 0.25) is 0 Å². The molecule has 1 heterocycles. The van der Waals surface area contributed by atoms with Crippen molar-refractivity contribution in [3.63, 3.8) is 0 Å². The zero-order valence-electron chi connectivity index (χ0n) is 16.9. The second-order valence-electron chi connectivity index (χ2n) is 7.45. The van der Waals surface area contributed by atoms with E-state index < -0.39 is 0 Å². The highest BCUT2D eigenvalue weighted by atomic mass is 32.2. The van der Waals surface area contributed by atoms with Gasteiger partial charge in [0.1, 0.15) is 16.8 Å². The van der Waals surface area contributed by atoms with Crippen LogP contribution in [-0.4, -0.2) is 28.6 Å². The second kappa shape index (κ2) is 9.34. The molecule has 2 unspecified atom stereocenters. The summed E-state index contributed by atoms with van der Waals surface area (Å²) >= 11 is 1.54. The average molecular weight is 417 g/mol. The smallest absolute Gasteiger partial charge is 0.118 e. The number of nitrogens with zero attached hydrogens (tertiary/aromatic N) is 2. The normalized spacial score (nSPS) is 18.6. The van der Waals surface area contributed by atoms with Gasteiger partial charge in [-0.3, -0.25) is 0 Å². The van der Waals surface area contributed by atoms with Crippen molar-refractivity contribution in [2.24, 2.45) is 0 Å². The molecule has 1 saturated carbocycles. The first kappa shape index (κ1) is 20.5. The Bertz CT molecular complexity index is 1050. The third kappa shape index (κ3) is 4.35. The van der Waals surface area contributed by atoms with Gasteiger partial charge in [-0.25, -0.2) is 4.98 Å². The van der Waals surface area contributed by atoms with Crippen molar-refractivity contribution in [2.75, 3.05) is 7.11 Å². The van der Waals surface area contributed by atoms with Crippen LogP contribution >= 0.6 is 11.8 Å². The molecule has 152 valence electrons. The number of aliphatic hydroxyl groups excluding tert-OH is 1. The van der Waals surface area contributed by atoms with Crippen molar-refractivity contribution >= 4 is 11.8 Å². The van der Waals surface area contributed by atoms with Crippen LogP contribution in [-0.2, 0) is 0 Å². The molecule has 0 aliphatic heterocycles. The van der Waals surface area contributed by atoms with E-state index in [2.05, 4.69) is 6.07 Å². The number of hydrogen-bond acceptors (Lipinski definition) is 5. The lowest BCUT2D eigenvalue weighted by atomic mass is 9.97. The Morgan fingerprint density at radius 3 is 2.43 bits per heavy atom. The summed E-state index contributed by atoms with van der Waals surface area (Å²) in [5.41, 5.74) is 4.19. The van der Waals surface area contributed by atoms with Crippen LogP contribution in [0.1, 0.15) is 31.2 Å². The molecular weight excluding hydrogens is 392 g/mol. The first-order valence-electron chi connectivity index (χ1n) is 10.2. The van der Waals surface area contributed by atoms with Crippen LogP contribution in [0.3, 0.4) is 0 Å². The van der Waals surface area contributed by atoms with Gasteiger partial charge in [0.25, 0.3) is 0 Å². The van der Waals surface area contributed by atoms with Gasteiger partial charge >= 0.3 is 0 Å². The SMILES string of the molecule is COc1ccc(-c2cc(-c3ccccc3)c(C#N)c(SC3CCCCC3O)n2)cc1. The molecule has 1 aromatic heterocycles. The second-order valence-corrected chi connectivity index (χ2v) is 8.68. The lowest BCUT2D eigenvalue weighted by Gasteiger charge is -2.27. The lowest BCUT2D eigenvalue weighted by molar-refractivity contribution is 0.137. The Hall–Kier alpha value is -2.81. The number of methoxy groups -OCH3 is 1. The van der Waals surface area contributed by atoms with Crippen LogP contribution in [0.4, 0.5) is 0 Å². The molecule has 4 nitrogen and oxygen atoms in total. The monoisotopic (exact) mass is 416 g/mol. The molecule has 1 N–H and O–H groups in total. The van der Waals surface area contributed by atoms with Gasteiger partial charge in [-0.1, -0.05) is 54.9 Å². The van der Waals surface area contributed by atoms with Gasteiger partial charge in [0.15, 0.2) is 0 Å². The highest BCUT2D eigenvalue weighted by Crippen LogP contribution is 2.39. The fourth-order valence-electron chi connectivity index (χ4n) is 3.83. The summed E-state index contributed by atoms with van der Waals surface area (Å²) in [6.45, 7) is 0. The predicted octanol–water partition coefficient (Wildman–Crippen LogP) is 5.69. The summed E-state index contributed by atoms with van der Waals surface area (Å²) < 4.78 is 5.28. The number of ether oxygens (including phenoxy) is 1. The molecule has 2 atom stereocenters. The van der Waals surface area contributed by atoms with E-state index in [1.165, 1.54) is 0 Å². The van der Waals surface area contributed by atoms with E-state index in [1.807, 2.05) is 60.7 Å². The Balaban J connectivity index is 1.83. The summed E-state index contributed by atoms with van der Waals surface area (Å²) in [4.78, 5) is 4.87. The first-order valence-corrected chi connectivity index (χ1v) is 11.1. The molecule has 0 radical (unpaired) electrons. The van der Waals surface area contributed by atoms with Gasteiger partial charge in [0, 0.05) is 16.4 Å². The summed E-state index contributed by atoms with van der Waals surface area (Å²) in [5, 5.41) is 21.2. The van der Waals surface area contributed by atoms with Crippen molar-refractivity contribution in [3.05, 3.63) is 66.2 Å².